The van der Waals surface area contributed by atoms with Gasteiger partial charge in [-0.05, 0) is 24.3 Å². The molecular formula is C21H19N5O2. The van der Waals surface area contributed by atoms with Crippen molar-refractivity contribution in [1.29, 1.82) is 5.26 Å². The highest BCUT2D eigenvalue weighted by molar-refractivity contribution is 6.14. The first-order valence-electron chi connectivity index (χ1n) is 8.95. The van der Waals surface area contributed by atoms with Crippen LogP contribution < -0.4 is 9.64 Å². The minimum Gasteiger partial charge on any atom is -0.497 e. The summed E-state index contributed by atoms with van der Waals surface area (Å²) in [5, 5.41) is 8.96. The number of dihydropyridines is 1. The van der Waals surface area contributed by atoms with Gasteiger partial charge in [-0.2, -0.15) is 5.26 Å². The Hall–Kier alpha value is -3.50. The Morgan fingerprint density at radius 1 is 1.29 bits per heavy atom. The molecule has 1 aromatic heterocycles. The van der Waals surface area contributed by atoms with Gasteiger partial charge in [0.2, 0.25) is 0 Å². The van der Waals surface area contributed by atoms with Gasteiger partial charge in [-0.25, -0.2) is 4.99 Å². The Labute approximate surface area is 163 Å². The molecular weight excluding hydrogens is 354 g/mol. The molecule has 4 rings (SSSR count). The van der Waals surface area contributed by atoms with Crippen LogP contribution in [0.5, 0.6) is 5.75 Å². The predicted molar refractivity (Wildman–Crippen MR) is 107 cm³/mol. The average Bonchev–Trinajstić information content (AvgIpc) is 2.77. The van der Waals surface area contributed by atoms with Gasteiger partial charge in [0.15, 0.2) is 6.23 Å². The standard InChI is InChI=1S/C21H19N5O2/c1-27-17-6-2-5-16(12-17)26-19-7-10-24-14-18(19)21(28-11-8-22)25-20(26)15-4-3-9-23-13-15/h2-6,9,12-14,21H,7,10-11H2,1H3. The highest BCUT2D eigenvalue weighted by atomic mass is 16.5. The molecule has 7 nitrogen and oxygen atoms in total. The molecule has 140 valence electrons. The molecule has 0 spiro atoms. The summed E-state index contributed by atoms with van der Waals surface area (Å²) in [4.78, 5) is 15.6. The molecule has 0 saturated carbocycles. The van der Waals surface area contributed by atoms with Crippen LogP contribution in [0.4, 0.5) is 5.69 Å². The Balaban J connectivity index is 1.87. The lowest BCUT2D eigenvalue weighted by Crippen LogP contribution is -2.40. The van der Waals surface area contributed by atoms with E-state index in [0.29, 0.717) is 6.54 Å². The average molecular weight is 373 g/mol. The number of ether oxygens (including phenoxy) is 2. The molecule has 0 radical (unpaired) electrons. The van der Waals surface area contributed by atoms with Gasteiger partial charge in [0.25, 0.3) is 0 Å². The molecule has 3 heterocycles. The van der Waals surface area contributed by atoms with E-state index in [1.165, 1.54) is 0 Å². The van der Waals surface area contributed by atoms with E-state index < -0.39 is 6.23 Å². The first kappa shape index (κ1) is 17.9. The van der Waals surface area contributed by atoms with E-state index in [9.17, 15) is 0 Å². The van der Waals surface area contributed by atoms with Gasteiger partial charge in [0.1, 0.15) is 18.2 Å². The molecule has 2 aliphatic heterocycles. The van der Waals surface area contributed by atoms with Crippen molar-refractivity contribution in [2.24, 2.45) is 9.98 Å². The number of anilines is 1. The number of aromatic nitrogens is 1. The van der Waals surface area contributed by atoms with Crippen LogP contribution in [0.3, 0.4) is 0 Å². The Bertz CT molecular complexity index is 991. The molecule has 0 aliphatic carbocycles. The van der Waals surface area contributed by atoms with E-state index in [2.05, 4.69) is 14.9 Å². The smallest absolute Gasteiger partial charge is 0.181 e. The normalized spacial score (nSPS) is 18.4. The summed E-state index contributed by atoms with van der Waals surface area (Å²) in [7, 11) is 1.65. The van der Waals surface area contributed by atoms with Crippen LogP contribution in [0.15, 0.2) is 70.0 Å². The van der Waals surface area contributed by atoms with E-state index in [1.807, 2.05) is 42.5 Å². The van der Waals surface area contributed by atoms with Gasteiger partial charge in [-0.15, -0.1) is 0 Å². The first-order chi connectivity index (χ1) is 13.8. The summed E-state index contributed by atoms with van der Waals surface area (Å²) >= 11 is 0. The van der Waals surface area contributed by atoms with E-state index in [0.717, 1.165) is 40.5 Å². The number of benzene rings is 1. The van der Waals surface area contributed by atoms with Crippen LogP contribution in [0.2, 0.25) is 0 Å². The van der Waals surface area contributed by atoms with Crippen molar-refractivity contribution in [2.45, 2.75) is 12.6 Å². The molecule has 2 aliphatic rings. The van der Waals surface area contributed by atoms with Gasteiger partial charge in [0, 0.05) is 54.5 Å². The maximum Gasteiger partial charge on any atom is 0.181 e. The number of hydrogen-bond donors (Lipinski definition) is 0. The second kappa shape index (κ2) is 8.03. The summed E-state index contributed by atoms with van der Waals surface area (Å²) in [6.45, 7) is 0.642. The monoisotopic (exact) mass is 373 g/mol. The van der Waals surface area contributed by atoms with Crippen LogP contribution >= 0.6 is 0 Å². The number of nitriles is 1. The molecule has 1 aromatic carbocycles. The minimum absolute atomic E-state index is 0.0434. The number of rotatable bonds is 5. The fraction of sp³-hybridized carbons (Fsp3) is 0.238. The van der Waals surface area contributed by atoms with Crippen molar-refractivity contribution in [3.8, 4) is 11.8 Å². The first-order valence-corrected chi connectivity index (χ1v) is 8.95. The third kappa shape index (κ3) is 3.38. The number of nitrogens with zero attached hydrogens (tertiary/aromatic N) is 5. The van der Waals surface area contributed by atoms with Gasteiger partial charge >= 0.3 is 0 Å². The van der Waals surface area contributed by atoms with E-state index in [1.54, 1.807) is 25.7 Å². The fourth-order valence-corrected chi connectivity index (χ4v) is 3.34. The lowest BCUT2D eigenvalue weighted by Gasteiger charge is -2.37. The largest absolute Gasteiger partial charge is 0.497 e. The Kier molecular flexibility index (Phi) is 5.13. The molecule has 2 aromatic rings. The second-order valence-corrected chi connectivity index (χ2v) is 6.24. The Morgan fingerprint density at radius 2 is 2.21 bits per heavy atom. The number of aliphatic imine (C=N–C) groups is 2. The number of pyridine rings is 1. The van der Waals surface area contributed by atoms with Crippen molar-refractivity contribution in [3.63, 3.8) is 0 Å². The van der Waals surface area contributed by atoms with Crippen LogP contribution in [0, 0.1) is 11.3 Å². The lowest BCUT2D eigenvalue weighted by atomic mass is 10.0. The predicted octanol–water partition coefficient (Wildman–Crippen LogP) is 2.95. The number of amidine groups is 1. The third-order valence-electron chi connectivity index (χ3n) is 4.57. The molecule has 28 heavy (non-hydrogen) atoms. The molecule has 1 atom stereocenters. The van der Waals surface area contributed by atoms with Crippen LogP contribution in [-0.2, 0) is 4.74 Å². The van der Waals surface area contributed by atoms with Crippen molar-refractivity contribution >= 4 is 17.7 Å². The molecule has 7 heteroatoms. The maximum absolute atomic E-state index is 8.96. The molecule has 0 fully saturated rings. The van der Waals surface area contributed by atoms with E-state index in [-0.39, 0.29) is 6.61 Å². The lowest BCUT2D eigenvalue weighted by molar-refractivity contribution is 0.113. The third-order valence-corrected chi connectivity index (χ3v) is 4.57. The topological polar surface area (TPSA) is 83.1 Å². The zero-order valence-electron chi connectivity index (χ0n) is 15.4. The quantitative estimate of drug-likeness (QED) is 0.805. The van der Waals surface area contributed by atoms with Gasteiger partial charge in [0.05, 0.1) is 18.9 Å². The number of methoxy groups -OCH3 is 1. The van der Waals surface area contributed by atoms with E-state index >= 15 is 0 Å². The highest BCUT2D eigenvalue weighted by Crippen LogP contribution is 2.34. The molecule has 0 amide bonds. The van der Waals surface area contributed by atoms with Crippen molar-refractivity contribution in [1.82, 2.24) is 4.98 Å². The fourth-order valence-electron chi connectivity index (χ4n) is 3.34. The van der Waals surface area contributed by atoms with Crippen LogP contribution in [0.1, 0.15) is 12.0 Å². The maximum atomic E-state index is 8.96. The minimum atomic E-state index is -0.573. The summed E-state index contributed by atoms with van der Waals surface area (Å²) in [6, 6.07) is 13.7. The molecule has 0 saturated heterocycles. The van der Waals surface area contributed by atoms with E-state index in [4.69, 9.17) is 19.7 Å². The summed E-state index contributed by atoms with van der Waals surface area (Å²) in [6.07, 6.45) is 5.47. The zero-order valence-corrected chi connectivity index (χ0v) is 15.4. The highest BCUT2D eigenvalue weighted by Gasteiger charge is 2.33. The van der Waals surface area contributed by atoms with Gasteiger partial charge in [-0.1, -0.05) is 6.07 Å². The summed E-state index contributed by atoms with van der Waals surface area (Å²) in [5.41, 5.74) is 3.73. The van der Waals surface area contributed by atoms with Gasteiger partial charge in [-0.3, -0.25) is 14.9 Å². The second-order valence-electron chi connectivity index (χ2n) is 6.24. The van der Waals surface area contributed by atoms with Crippen LogP contribution in [0.25, 0.3) is 0 Å². The molecule has 1 unspecified atom stereocenters. The van der Waals surface area contributed by atoms with Crippen molar-refractivity contribution in [2.75, 3.05) is 25.2 Å². The van der Waals surface area contributed by atoms with Crippen LogP contribution in [-0.4, -0.2) is 43.5 Å². The van der Waals surface area contributed by atoms with Gasteiger partial charge < -0.3 is 9.47 Å². The molecule has 0 N–H and O–H groups in total. The van der Waals surface area contributed by atoms with Crippen molar-refractivity contribution in [3.05, 3.63) is 65.6 Å². The summed E-state index contributed by atoms with van der Waals surface area (Å²) in [5.74, 6) is 1.48. The SMILES string of the molecule is COc1cccc(N2C(c3cccnc3)=NC(OCC#N)C3=C2CCN=C3)c1. The van der Waals surface area contributed by atoms with Crippen molar-refractivity contribution < 1.29 is 9.47 Å². The molecule has 0 bridgehead atoms. The summed E-state index contributed by atoms with van der Waals surface area (Å²) < 4.78 is 11.1. The Morgan fingerprint density at radius 3 is 3.00 bits per heavy atom. The number of hydrogen-bond acceptors (Lipinski definition) is 7. The zero-order chi connectivity index (χ0) is 19.3.